The van der Waals surface area contributed by atoms with E-state index < -0.39 is 0 Å². The summed E-state index contributed by atoms with van der Waals surface area (Å²) in [5.74, 6) is 0.816. The number of carbonyl (C=O) groups is 1. The van der Waals surface area contributed by atoms with E-state index >= 15 is 0 Å². The van der Waals surface area contributed by atoms with Crippen LogP contribution in [-0.4, -0.2) is 30.5 Å². The Balaban J connectivity index is 1.79. The van der Waals surface area contributed by atoms with Crippen LogP contribution in [0.1, 0.15) is 19.3 Å². The fourth-order valence-electron chi connectivity index (χ4n) is 1.85. The number of rotatable bonds is 3. The van der Waals surface area contributed by atoms with Crippen LogP contribution in [0.3, 0.4) is 0 Å². The van der Waals surface area contributed by atoms with Gasteiger partial charge >= 0.3 is 0 Å². The van der Waals surface area contributed by atoms with Gasteiger partial charge in [0.05, 0.1) is 0 Å². The molecule has 16 heavy (non-hydrogen) atoms. The van der Waals surface area contributed by atoms with E-state index in [0.717, 1.165) is 31.7 Å². The summed E-state index contributed by atoms with van der Waals surface area (Å²) in [6.07, 6.45) is 3.47. The minimum atomic E-state index is 0.0903. The fraction of sp³-hybridized carbons (Fsp3) is 0.462. The Kier molecular flexibility index (Phi) is 3.81. The number of benzene rings is 1. The molecule has 0 spiro atoms. The molecule has 2 rings (SSSR count). The van der Waals surface area contributed by atoms with Gasteiger partial charge in [0.1, 0.15) is 5.75 Å². The molecule has 0 aromatic heterocycles. The molecule has 85 valence electrons. The number of ether oxygens (including phenoxy) is 1. The summed E-state index contributed by atoms with van der Waals surface area (Å²) in [5, 5.41) is 0. The fourth-order valence-corrected chi connectivity index (χ4v) is 1.85. The smallest absolute Gasteiger partial charge is 0.260 e. The number of amides is 1. The molecule has 1 amide bonds. The second kappa shape index (κ2) is 5.54. The average molecular weight is 218 g/mol. The minimum absolute atomic E-state index is 0.0903. The van der Waals surface area contributed by atoms with Crippen molar-refractivity contribution < 1.29 is 9.53 Å². The van der Waals surface area contributed by atoms with Crippen LogP contribution in [0.5, 0.6) is 5.75 Å². The lowest BCUT2D eigenvalue weighted by molar-refractivity contribution is -0.134. The Morgan fingerprint density at radius 3 is 2.62 bits per heavy atom. The predicted octanol–water partition coefficient (Wildman–Crippen LogP) is 1.88. The summed E-state index contributed by atoms with van der Waals surface area (Å²) in [6.45, 7) is 1.90. The van der Waals surface area contributed by atoms with Crippen molar-refractivity contribution in [2.45, 2.75) is 19.3 Å². The Bertz CT molecular complexity index is 331. The maximum absolute atomic E-state index is 11.8. The quantitative estimate of drug-likeness (QED) is 0.775. The van der Waals surface area contributed by atoms with Crippen molar-refractivity contribution in [2.24, 2.45) is 0 Å². The highest BCUT2D eigenvalue weighted by Crippen LogP contribution is 2.11. The van der Waals surface area contributed by atoms with E-state index in [-0.39, 0.29) is 12.5 Å². The van der Waals surface area contributed by atoms with Gasteiger partial charge in [-0.05, 0) is 37.5 Å². The molecule has 1 fully saturated rings. The molecule has 3 heteroatoms. The molecule has 0 aliphatic carbocycles. The first-order valence-electron chi connectivity index (χ1n) is 5.73. The van der Waals surface area contributed by atoms with Crippen LogP contribution < -0.4 is 4.74 Å². The van der Waals surface area contributed by atoms with Crippen LogP contribution in [-0.2, 0) is 4.79 Å². The Morgan fingerprint density at radius 1 is 1.25 bits per heavy atom. The first-order valence-corrected chi connectivity index (χ1v) is 5.73. The molecule has 1 heterocycles. The maximum atomic E-state index is 11.8. The zero-order chi connectivity index (χ0) is 11.2. The SMILES string of the molecule is O=C(COc1cc[c]cc1)N1CCCCC1. The lowest BCUT2D eigenvalue weighted by Gasteiger charge is -2.26. The minimum Gasteiger partial charge on any atom is -0.484 e. The summed E-state index contributed by atoms with van der Waals surface area (Å²) in [5.41, 5.74) is 0. The maximum Gasteiger partial charge on any atom is 0.260 e. The molecule has 1 aromatic carbocycles. The van der Waals surface area contributed by atoms with Gasteiger partial charge in [-0.15, -0.1) is 0 Å². The third-order valence-electron chi connectivity index (χ3n) is 2.76. The van der Waals surface area contributed by atoms with E-state index in [1.807, 2.05) is 17.0 Å². The van der Waals surface area contributed by atoms with E-state index in [9.17, 15) is 4.79 Å². The number of carbonyl (C=O) groups excluding carboxylic acids is 1. The van der Waals surface area contributed by atoms with Crippen molar-refractivity contribution in [3.8, 4) is 5.75 Å². The molecular weight excluding hydrogens is 202 g/mol. The van der Waals surface area contributed by atoms with Crippen LogP contribution in [0.4, 0.5) is 0 Å². The molecule has 1 aliphatic heterocycles. The number of nitrogens with zero attached hydrogens (tertiary/aromatic N) is 1. The molecule has 1 aliphatic rings. The Hall–Kier alpha value is -1.51. The normalized spacial score (nSPS) is 15.9. The van der Waals surface area contributed by atoms with Crippen molar-refractivity contribution in [3.05, 3.63) is 30.3 Å². The van der Waals surface area contributed by atoms with Crippen molar-refractivity contribution in [2.75, 3.05) is 19.7 Å². The van der Waals surface area contributed by atoms with E-state index in [0.29, 0.717) is 0 Å². The standard InChI is InChI=1S/C13H16NO2/c15-13(14-9-5-2-6-10-14)11-16-12-7-3-1-4-8-12/h3-4,7-8H,2,5-6,9-11H2. The molecule has 0 unspecified atom stereocenters. The second-order valence-electron chi connectivity index (χ2n) is 3.97. The summed E-state index contributed by atoms with van der Waals surface area (Å²) < 4.78 is 5.41. The van der Waals surface area contributed by atoms with Gasteiger partial charge in [0.2, 0.25) is 0 Å². The highest BCUT2D eigenvalue weighted by molar-refractivity contribution is 5.77. The monoisotopic (exact) mass is 218 g/mol. The lowest BCUT2D eigenvalue weighted by atomic mass is 10.1. The molecule has 1 radical (unpaired) electrons. The van der Waals surface area contributed by atoms with Crippen LogP contribution in [0.2, 0.25) is 0 Å². The van der Waals surface area contributed by atoms with E-state index in [2.05, 4.69) is 6.07 Å². The van der Waals surface area contributed by atoms with Crippen LogP contribution in [0.15, 0.2) is 24.3 Å². The van der Waals surface area contributed by atoms with Gasteiger partial charge in [-0.2, -0.15) is 0 Å². The van der Waals surface area contributed by atoms with Gasteiger partial charge in [0, 0.05) is 13.1 Å². The topological polar surface area (TPSA) is 29.5 Å². The molecule has 0 bridgehead atoms. The number of piperidine rings is 1. The van der Waals surface area contributed by atoms with Gasteiger partial charge < -0.3 is 9.64 Å². The van der Waals surface area contributed by atoms with Crippen molar-refractivity contribution in [3.63, 3.8) is 0 Å². The predicted molar refractivity (Wildman–Crippen MR) is 61.2 cm³/mol. The molecule has 1 saturated heterocycles. The van der Waals surface area contributed by atoms with Crippen molar-refractivity contribution >= 4 is 5.91 Å². The van der Waals surface area contributed by atoms with Gasteiger partial charge in [0.25, 0.3) is 5.91 Å². The molecule has 0 saturated carbocycles. The van der Waals surface area contributed by atoms with Crippen molar-refractivity contribution in [1.82, 2.24) is 4.90 Å². The molecular formula is C13H16NO2. The number of hydrogen-bond donors (Lipinski definition) is 0. The average Bonchev–Trinajstić information content (AvgIpc) is 2.38. The van der Waals surface area contributed by atoms with Gasteiger partial charge in [0.15, 0.2) is 6.61 Å². The van der Waals surface area contributed by atoms with Gasteiger partial charge in [-0.1, -0.05) is 12.1 Å². The van der Waals surface area contributed by atoms with E-state index in [1.165, 1.54) is 6.42 Å². The first-order chi connectivity index (χ1) is 7.86. The highest BCUT2D eigenvalue weighted by Gasteiger charge is 2.16. The van der Waals surface area contributed by atoms with E-state index in [1.54, 1.807) is 12.1 Å². The number of likely N-dealkylation sites (tertiary alicyclic amines) is 1. The highest BCUT2D eigenvalue weighted by atomic mass is 16.5. The third-order valence-corrected chi connectivity index (χ3v) is 2.76. The Morgan fingerprint density at radius 2 is 1.94 bits per heavy atom. The number of hydrogen-bond acceptors (Lipinski definition) is 2. The van der Waals surface area contributed by atoms with Crippen LogP contribution >= 0.6 is 0 Å². The largest absolute Gasteiger partial charge is 0.484 e. The zero-order valence-corrected chi connectivity index (χ0v) is 9.32. The zero-order valence-electron chi connectivity index (χ0n) is 9.32. The Labute approximate surface area is 96.0 Å². The molecule has 0 atom stereocenters. The van der Waals surface area contributed by atoms with Crippen molar-refractivity contribution in [1.29, 1.82) is 0 Å². The summed E-state index contributed by atoms with van der Waals surface area (Å²) >= 11 is 0. The molecule has 3 nitrogen and oxygen atoms in total. The lowest BCUT2D eigenvalue weighted by Crippen LogP contribution is -2.38. The van der Waals surface area contributed by atoms with E-state index in [4.69, 9.17) is 4.74 Å². The molecule has 1 aromatic rings. The second-order valence-corrected chi connectivity index (χ2v) is 3.97. The summed E-state index contributed by atoms with van der Waals surface area (Å²) in [7, 11) is 0. The first kappa shape index (κ1) is 11.0. The summed E-state index contributed by atoms with van der Waals surface area (Å²) in [4.78, 5) is 13.7. The molecule has 0 N–H and O–H groups in total. The third kappa shape index (κ3) is 2.99. The van der Waals surface area contributed by atoms with Gasteiger partial charge in [-0.3, -0.25) is 4.79 Å². The van der Waals surface area contributed by atoms with Crippen LogP contribution in [0, 0.1) is 6.07 Å². The van der Waals surface area contributed by atoms with Crippen LogP contribution in [0.25, 0.3) is 0 Å². The van der Waals surface area contributed by atoms with Gasteiger partial charge in [-0.25, -0.2) is 0 Å². The summed E-state index contributed by atoms with van der Waals surface area (Å²) in [6, 6.07) is 10.1.